The first kappa shape index (κ1) is 18.9. The predicted octanol–water partition coefficient (Wildman–Crippen LogP) is 4.68. The van der Waals surface area contributed by atoms with E-state index in [9.17, 15) is 9.59 Å². The van der Waals surface area contributed by atoms with Gasteiger partial charge in [-0.15, -0.1) is 0 Å². The Balaban J connectivity index is 1.68. The van der Waals surface area contributed by atoms with Crippen molar-refractivity contribution in [1.82, 2.24) is 0 Å². The molecule has 0 aliphatic heterocycles. The zero-order valence-electron chi connectivity index (χ0n) is 15.6. The fourth-order valence-corrected chi connectivity index (χ4v) is 2.67. The lowest BCUT2D eigenvalue weighted by Gasteiger charge is -2.09. The van der Waals surface area contributed by atoms with Crippen LogP contribution in [0, 0.1) is 25.2 Å². The second-order valence-corrected chi connectivity index (χ2v) is 6.48. The average molecular weight is 369 g/mol. The van der Waals surface area contributed by atoms with E-state index in [0.717, 1.165) is 16.8 Å². The molecule has 0 aliphatic rings. The maximum absolute atomic E-state index is 12.4. The highest BCUT2D eigenvalue weighted by atomic mass is 16.2. The first-order chi connectivity index (χ1) is 13.5. The molecule has 28 heavy (non-hydrogen) atoms. The lowest BCUT2D eigenvalue weighted by Crippen LogP contribution is -2.14. The molecule has 3 rings (SSSR count). The Morgan fingerprint density at radius 3 is 1.86 bits per heavy atom. The van der Waals surface area contributed by atoms with E-state index in [4.69, 9.17) is 5.26 Å². The maximum atomic E-state index is 12.4. The fourth-order valence-electron chi connectivity index (χ4n) is 2.67. The van der Waals surface area contributed by atoms with Crippen molar-refractivity contribution in [1.29, 1.82) is 5.26 Å². The maximum Gasteiger partial charge on any atom is 0.255 e. The second-order valence-electron chi connectivity index (χ2n) is 6.48. The van der Waals surface area contributed by atoms with Crippen LogP contribution in [0.25, 0.3) is 0 Å². The SMILES string of the molecule is Cc1ccc(NC(=O)c2ccc(C(=O)Nc3cccc(C#N)c3)cc2)cc1C. The minimum absolute atomic E-state index is 0.239. The summed E-state index contributed by atoms with van der Waals surface area (Å²) in [7, 11) is 0. The molecule has 0 aliphatic carbocycles. The summed E-state index contributed by atoms with van der Waals surface area (Å²) in [4.78, 5) is 24.8. The molecule has 0 spiro atoms. The molecule has 3 aromatic carbocycles. The van der Waals surface area contributed by atoms with Gasteiger partial charge in [0.25, 0.3) is 11.8 Å². The standard InChI is InChI=1S/C23H19N3O2/c1-15-6-11-21(12-16(15)2)26-23(28)19-9-7-18(8-10-19)22(27)25-20-5-3-4-17(13-20)14-24/h3-13H,1-2H3,(H,25,27)(H,26,28). The Morgan fingerprint density at radius 1 is 0.750 bits per heavy atom. The zero-order chi connectivity index (χ0) is 20.1. The Morgan fingerprint density at radius 2 is 1.32 bits per heavy atom. The first-order valence-corrected chi connectivity index (χ1v) is 8.76. The van der Waals surface area contributed by atoms with Crippen LogP contribution in [-0.4, -0.2) is 11.8 Å². The molecule has 0 heterocycles. The number of nitrogens with one attached hydrogen (secondary N) is 2. The lowest BCUT2D eigenvalue weighted by molar-refractivity contribution is 0.101. The molecular formula is C23H19N3O2. The van der Waals surface area contributed by atoms with E-state index in [-0.39, 0.29) is 11.8 Å². The van der Waals surface area contributed by atoms with E-state index in [0.29, 0.717) is 22.4 Å². The summed E-state index contributed by atoms with van der Waals surface area (Å²) in [6.07, 6.45) is 0. The number of amides is 2. The number of carbonyl (C=O) groups is 2. The van der Waals surface area contributed by atoms with Crippen molar-refractivity contribution in [2.45, 2.75) is 13.8 Å². The van der Waals surface area contributed by atoms with Crippen LogP contribution in [0.4, 0.5) is 11.4 Å². The van der Waals surface area contributed by atoms with Crippen molar-refractivity contribution in [2.24, 2.45) is 0 Å². The van der Waals surface area contributed by atoms with Gasteiger partial charge in [-0.1, -0.05) is 12.1 Å². The number of nitriles is 1. The van der Waals surface area contributed by atoms with E-state index in [1.54, 1.807) is 48.5 Å². The highest BCUT2D eigenvalue weighted by molar-refractivity contribution is 6.07. The summed E-state index contributed by atoms with van der Waals surface area (Å²) < 4.78 is 0. The van der Waals surface area contributed by atoms with Gasteiger partial charge >= 0.3 is 0 Å². The van der Waals surface area contributed by atoms with Crippen molar-refractivity contribution < 1.29 is 9.59 Å². The molecule has 2 amide bonds. The van der Waals surface area contributed by atoms with Gasteiger partial charge < -0.3 is 10.6 Å². The van der Waals surface area contributed by atoms with Gasteiger partial charge in [-0.05, 0) is 79.6 Å². The number of hydrogen-bond donors (Lipinski definition) is 2. The Bertz CT molecular complexity index is 1080. The van der Waals surface area contributed by atoms with Crippen molar-refractivity contribution in [3.05, 3.63) is 94.5 Å². The number of hydrogen-bond acceptors (Lipinski definition) is 3. The molecule has 2 N–H and O–H groups in total. The third-order valence-electron chi connectivity index (χ3n) is 4.42. The summed E-state index contributed by atoms with van der Waals surface area (Å²) in [5.74, 6) is -0.548. The van der Waals surface area contributed by atoms with Gasteiger partial charge in [-0.2, -0.15) is 5.26 Å². The summed E-state index contributed by atoms with van der Waals surface area (Å²) in [5.41, 5.74) is 4.88. The molecule has 3 aromatic rings. The number of benzene rings is 3. The summed E-state index contributed by atoms with van der Waals surface area (Å²) in [5, 5.41) is 14.5. The molecule has 0 saturated heterocycles. The third-order valence-corrected chi connectivity index (χ3v) is 4.42. The van der Waals surface area contributed by atoms with Crippen LogP contribution in [0.2, 0.25) is 0 Å². The quantitative estimate of drug-likeness (QED) is 0.700. The summed E-state index contributed by atoms with van der Waals surface area (Å²) in [6, 6.07) is 20.9. The van der Waals surface area contributed by atoms with Gasteiger partial charge in [-0.25, -0.2) is 0 Å². The van der Waals surface area contributed by atoms with Crippen molar-refractivity contribution >= 4 is 23.2 Å². The predicted molar refractivity (Wildman–Crippen MR) is 109 cm³/mol. The molecule has 0 aromatic heterocycles. The first-order valence-electron chi connectivity index (χ1n) is 8.76. The number of nitrogens with zero attached hydrogens (tertiary/aromatic N) is 1. The van der Waals surface area contributed by atoms with Crippen LogP contribution in [-0.2, 0) is 0 Å². The van der Waals surface area contributed by atoms with Crippen LogP contribution in [0.3, 0.4) is 0 Å². The fraction of sp³-hybridized carbons (Fsp3) is 0.0870. The Kier molecular flexibility index (Phi) is 5.52. The van der Waals surface area contributed by atoms with Gasteiger partial charge in [0.05, 0.1) is 11.6 Å². The van der Waals surface area contributed by atoms with Gasteiger partial charge in [0.1, 0.15) is 0 Å². The van der Waals surface area contributed by atoms with Gasteiger partial charge in [0.2, 0.25) is 0 Å². The second kappa shape index (κ2) is 8.19. The molecule has 0 bridgehead atoms. The number of aryl methyl sites for hydroxylation is 2. The smallest absolute Gasteiger partial charge is 0.255 e. The minimum Gasteiger partial charge on any atom is -0.322 e. The van der Waals surface area contributed by atoms with Crippen LogP contribution in [0.1, 0.15) is 37.4 Å². The van der Waals surface area contributed by atoms with Crippen LogP contribution in [0.5, 0.6) is 0 Å². The molecule has 0 atom stereocenters. The number of carbonyl (C=O) groups excluding carboxylic acids is 2. The summed E-state index contributed by atoms with van der Waals surface area (Å²) >= 11 is 0. The number of anilines is 2. The highest BCUT2D eigenvalue weighted by Gasteiger charge is 2.10. The van der Waals surface area contributed by atoms with Crippen LogP contribution >= 0.6 is 0 Å². The molecule has 0 saturated carbocycles. The number of rotatable bonds is 4. The van der Waals surface area contributed by atoms with Gasteiger partial charge in [0.15, 0.2) is 0 Å². The minimum atomic E-state index is -0.309. The van der Waals surface area contributed by atoms with E-state index in [1.165, 1.54) is 0 Å². The molecular weight excluding hydrogens is 350 g/mol. The van der Waals surface area contributed by atoms with E-state index < -0.39 is 0 Å². The monoisotopic (exact) mass is 369 g/mol. The summed E-state index contributed by atoms with van der Waals surface area (Å²) in [6.45, 7) is 4.01. The normalized spacial score (nSPS) is 10.0. The van der Waals surface area contributed by atoms with E-state index >= 15 is 0 Å². The molecule has 138 valence electrons. The van der Waals surface area contributed by atoms with Gasteiger partial charge in [-0.3, -0.25) is 9.59 Å². The topological polar surface area (TPSA) is 82.0 Å². The Hall–Kier alpha value is -3.91. The lowest BCUT2D eigenvalue weighted by atomic mass is 10.1. The van der Waals surface area contributed by atoms with Crippen LogP contribution in [0.15, 0.2) is 66.7 Å². The largest absolute Gasteiger partial charge is 0.322 e. The van der Waals surface area contributed by atoms with E-state index in [2.05, 4.69) is 10.6 Å². The Labute approximate surface area is 163 Å². The van der Waals surface area contributed by atoms with Crippen molar-refractivity contribution in [2.75, 3.05) is 10.6 Å². The molecule has 5 heteroatoms. The van der Waals surface area contributed by atoms with Crippen molar-refractivity contribution in [3.8, 4) is 6.07 Å². The van der Waals surface area contributed by atoms with Crippen LogP contribution < -0.4 is 10.6 Å². The molecule has 0 radical (unpaired) electrons. The van der Waals surface area contributed by atoms with E-state index in [1.807, 2.05) is 38.1 Å². The molecule has 5 nitrogen and oxygen atoms in total. The average Bonchev–Trinajstić information content (AvgIpc) is 2.71. The highest BCUT2D eigenvalue weighted by Crippen LogP contribution is 2.16. The zero-order valence-corrected chi connectivity index (χ0v) is 15.6. The molecule has 0 fully saturated rings. The third kappa shape index (κ3) is 4.43. The molecule has 0 unspecified atom stereocenters. The van der Waals surface area contributed by atoms with Gasteiger partial charge in [0, 0.05) is 22.5 Å². The van der Waals surface area contributed by atoms with Crippen molar-refractivity contribution in [3.63, 3.8) is 0 Å².